The highest BCUT2D eigenvalue weighted by molar-refractivity contribution is 5.23. The second-order valence-corrected chi connectivity index (χ2v) is 5.57. The quantitative estimate of drug-likeness (QED) is 0.843. The van der Waals surface area contributed by atoms with Crippen molar-refractivity contribution in [2.75, 3.05) is 0 Å². The Morgan fingerprint density at radius 1 is 1.28 bits per heavy atom. The van der Waals surface area contributed by atoms with Crippen molar-refractivity contribution in [1.29, 1.82) is 0 Å². The molecule has 1 aromatic rings. The minimum absolute atomic E-state index is 0.168. The third-order valence-corrected chi connectivity index (χ3v) is 3.69. The molecule has 0 spiro atoms. The summed E-state index contributed by atoms with van der Waals surface area (Å²) >= 11 is 0. The molecule has 2 nitrogen and oxygen atoms in total. The van der Waals surface area contributed by atoms with Crippen LogP contribution in [-0.4, -0.2) is 23.3 Å². The Labute approximate surface area is 108 Å². The Kier molecular flexibility index (Phi) is 4.36. The van der Waals surface area contributed by atoms with Crippen LogP contribution in [0.4, 0.5) is 4.39 Å². The van der Waals surface area contributed by atoms with E-state index in [2.05, 4.69) is 12.2 Å². The summed E-state index contributed by atoms with van der Waals surface area (Å²) in [5.74, 6) is 0.389. The molecule has 1 aliphatic carbocycles. The lowest BCUT2D eigenvalue weighted by atomic mass is 9.75. The lowest BCUT2D eigenvalue weighted by Gasteiger charge is -2.38. The smallest absolute Gasteiger partial charge is 0.123 e. The first-order valence-corrected chi connectivity index (χ1v) is 6.74. The second kappa shape index (κ2) is 5.81. The predicted molar refractivity (Wildman–Crippen MR) is 71.1 cm³/mol. The molecule has 2 unspecified atom stereocenters. The molecule has 0 amide bonds. The van der Waals surface area contributed by atoms with Crippen molar-refractivity contribution in [3.05, 3.63) is 35.6 Å². The van der Waals surface area contributed by atoms with E-state index in [0.29, 0.717) is 18.0 Å². The molecule has 1 saturated carbocycles. The van der Waals surface area contributed by atoms with Crippen molar-refractivity contribution in [3.8, 4) is 0 Å². The molecule has 100 valence electrons. The van der Waals surface area contributed by atoms with Gasteiger partial charge < -0.3 is 10.4 Å². The van der Waals surface area contributed by atoms with Gasteiger partial charge in [0.1, 0.15) is 5.82 Å². The van der Waals surface area contributed by atoms with E-state index in [1.54, 1.807) is 0 Å². The SMILES string of the molecule is CC(O)CC(C)NC1CC(c2ccc(F)cc2)C1. The lowest BCUT2D eigenvalue weighted by molar-refractivity contribution is 0.159. The highest BCUT2D eigenvalue weighted by atomic mass is 19.1. The molecule has 0 bridgehead atoms. The second-order valence-electron chi connectivity index (χ2n) is 5.57. The van der Waals surface area contributed by atoms with Crippen molar-refractivity contribution < 1.29 is 9.50 Å². The van der Waals surface area contributed by atoms with Crippen LogP contribution in [0.3, 0.4) is 0 Å². The van der Waals surface area contributed by atoms with Gasteiger partial charge in [0.25, 0.3) is 0 Å². The first-order valence-electron chi connectivity index (χ1n) is 6.74. The molecule has 0 radical (unpaired) electrons. The predicted octanol–water partition coefficient (Wildman–Crippen LogP) is 2.82. The van der Waals surface area contributed by atoms with Crippen molar-refractivity contribution in [3.63, 3.8) is 0 Å². The van der Waals surface area contributed by atoms with Crippen LogP contribution in [0.2, 0.25) is 0 Å². The highest BCUT2D eigenvalue weighted by Crippen LogP contribution is 2.37. The van der Waals surface area contributed by atoms with Gasteiger partial charge in [0.2, 0.25) is 0 Å². The number of halogens is 1. The molecule has 0 heterocycles. The Morgan fingerprint density at radius 2 is 1.89 bits per heavy atom. The standard InChI is InChI=1S/C15H22FNO/c1-10(7-11(2)18)17-15-8-13(9-15)12-3-5-14(16)6-4-12/h3-6,10-11,13,15,17-18H,7-9H2,1-2H3. The largest absolute Gasteiger partial charge is 0.393 e. The Balaban J connectivity index is 1.75. The maximum atomic E-state index is 12.8. The summed E-state index contributed by atoms with van der Waals surface area (Å²) < 4.78 is 12.8. The normalized spacial score (nSPS) is 26.4. The van der Waals surface area contributed by atoms with Gasteiger partial charge in [-0.1, -0.05) is 12.1 Å². The maximum Gasteiger partial charge on any atom is 0.123 e. The van der Waals surface area contributed by atoms with E-state index in [0.717, 1.165) is 19.3 Å². The highest BCUT2D eigenvalue weighted by Gasteiger charge is 2.30. The molecule has 2 N–H and O–H groups in total. The average molecular weight is 251 g/mol. The van der Waals surface area contributed by atoms with Gasteiger partial charge in [-0.2, -0.15) is 0 Å². The number of nitrogens with one attached hydrogen (secondary N) is 1. The molecular formula is C15H22FNO. The van der Waals surface area contributed by atoms with Crippen molar-refractivity contribution in [1.82, 2.24) is 5.32 Å². The summed E-state index contributed by atoms with van der Waals surface area (Å²) in [7, 11) is 0. The van der Waals surface area contributed by atoms with Gasteiger partial charge in [-0.3, -0.25) is 0 Å². The number of hydrogen-bond donors (Lipinski definition) is 2. The fourth-order valence-electron chi connectivity index (χ4n) is 2.74. The maximum absolute atomic E-state index is 12.8. The zero-order chi connectivity index (χ0) is 13.1. The van der Waals surface area contributed by atoms with Crippen LogP contribution in [-0.2, 0) is 0 Å². The summed E-state index contributed by atoms with van der Waals surface area (Å²) in [5, 5.41) is 12.8. The van der Waals surface area contributed by atoms with E-state index in [1.165, 1.54) is 17.7 Å². The molecule has 3 heteroatoms. The van der Waals surface area contributed by atoms with Gasteiger partial charge in [0, 0.05) is 12.1 Å². The van der Waals surface area contributed by atoms with E-state index in [-0.39, 0.29) is 11.9 Å². The van der Waals surface area contributed by atoms with E-state index in [1.807, 2.05) is 19.1 Å². The summed E-state index contributed by atoms with van der Waals surface area (Å²) in [5.41, 5.74) is 1.23. The molecule has 1 aliphatic rings. The monoisotopic (exact) mass is 251 g/mol. The number of aliphatic hydroxyl groups is 1. The van der Waals surface area contributed by atoms with E-state index in [9.17, 15) is 9.50 Å². The first kappa shape index (κ1) is 13.5. The lowest BCUT2D eigenvalue weighted by Crippen LogP contribution is -2.45. The Morgan fingerprint density at radius 3 is 2.44 bits per heavy atom. The fourth-order valence-corrected chi connectivity index (χ4v) is 2.74. The summed E-state index contributed by atoms with van der Waals surface area (Å²) in [6.45, 7) is 3.93. The van der Waals surface area contributed by atoms with Gasteiger partial charge in [0.15, 0.2) is 0 Å². The Hall–Kier alpha value is -0.930. The van der Waals surface area contributed by atoms with Crippen LogP contribution in [0.1, 0.15) is 44.6 Å². The van der Waals surface area contributed by atoms with Gasteiger partial charge in [-0.05, 0) is 56.7 Å². The number of benzene rings is 1. The van der Waals surface area contributed by atoms with Crippen LogP contribution < -0.4 is 5.32 Å². The molecule has 0 saturated heterocycles. The average Bonchev–Trinajstić information content (AvgIpc) is 2.23. The van der Waals surface area contributed by atoms with E-state index in [4.69, 9.17) is 0 Å². The topological polar surface area (TPSA) is 32.3 Å². The molecule has 18 heavy (non-hydrogen) atoms. The van der Waals surface area contributed by atoms with Gasteiger partial charge in [0.05, 0.1) is 6.10 Å². The van der Waals surface area contributed by atoms with Crippen LogP contribution in [0.15, 0.2) is 24.3 Å². The molecule has 2 atom stereocenters. The zero-order valence-electron chi connectivity index (χ0n) is 11.1. The van der Waals surface area contributed by atoms with Gasteiger partial charge >= 0.3 is 0 Å². The van der Waals surface area contributed by atoms with Crippen LogP contribution in [0, 0.1) is 5.82 Å². The molecule has 1 aromatic carbocycles. The fraction of sp³-hybridized carbons (Fsp3) is 0.600. The minimum Gasteiger partial charge on any atom is -0.393 e. The van der Waals surface area contributed by atoms with Crippen LogP contribution >= 0.6 is 0 Å². The third kappa shape index (κ3) is 3.53. The molecule has 2 rings (SSSR count). The Bertz CT molecular complexity index is 371. The van der Waals surface area contributed by atoms with E-state index < -0.39 is 0 Å². The van der Waals surface area contributed by atoms with E-state index >= 15 is 0 Å². The minimum atomic E-state index is -0.250. The molecule has 0 aliphatic heterocycles. The first-order chi connectivity index (χ1) is 8.54. The van der Waals surface area contributed by atoms with Crippen molar-refractivity contribution >= 4 is 0 Å². The van der Waals surface area contributed by atoms with Crippen molar-refractivity contribution in [2.24, 2.45) is 0 Å². The molecule has 0 aromatic heterocycles. The molecule has 1 fully saturated rings. The number of aliphatic hydroxyl groups excluding tert-OH is 1. The number of rotatable bonds is 5. The van der Waals surface area contributed by atoms with Crippen LogP contribution in [0.25, 0.3) is 0 Å². The third-order valence-electron chi connectivity index (χ3n) is 3.69. The van der Waals surface area contributed by atoms with Gasteiger partial charge in [-0.15, -0.1) is 0 Å². The zero-order valence-corrected chi connectivity index (χ0v) is 11.1. The summed E-state index contributed by atoms with van der Waals surface area (Å²) in [4.78, 5) is 0. The summed E-state index contributed by atoms with van der Waals surface area (Å²) in [6.07, 6.45) is 2.75. The van der Waals surface area contributed by atoms with Crippen molar-refractivity contribution in [2.45, 2.75) is 57.2 Å². The van der Waals surface area contributed by atoms with Gasteiger partial charge in [-0.25, -0.2) is 4.39 Å². The molecular weight excluding hydrogens is 229 g/mol. The summed E-state index contributed by atoms with van der Waals surface area (Å²) in [6, 6.07) is 7.72. The van der Waals surface area contributed by atoms with Crippen LogP contribution in [0.5, 0.6) is 0 Å². The number of hydrogen-bond acceptors (Lipinski definition) is 2.